The number of halogens is 2. The minimum absolute atomic E-state index is 0.163. The molecule has 4 nitrogen and oxygen atoms in total. The molecule has 7 heteroatoms. The number of benzene rings is 1. The number of alkyl halides is 2. The molecule has 3 rings (SSSR count). The van der Waals surface area contributed by atoms with Crippen LogP contribution in [0.2, 0.25) is 0 Å². The summed E-state index contributed by atoms with van der Waals surface area (Å²) in [5.74, 6) is -3.58. The quantitative estimate of drug-likeness (QED) is 0.925. The lowest BCUT2D eigenvalue weighted by Crippen LogP contribution is -2.39. The number of nitrogens with zero attached hydrogens (tertiary/aromatic N) is 2. The van der Waals surface area contributed by atoms with Gasteiger partial charge in [0.05, 0.1) is 15.8 Å². The van der Waals surface area contributed by atoms with Crippen molar-refractivity contribution in [2.75, 3.05) is 18.0 Å². The Labute approximate surface area is 117 Å². The summed E-state index contributed by atoms with van der Waals surface area (Å²) in [4.78, 5) is 17.1. The number of aromatic carboxylic acids is 1. The third-order valence-corrected chi connectivity index (χ3v) is 4.49. The van der Waals surface area contributed by atoms with Crippen LogP contribution in [0.1, 0.15) is 23.2 Å². The number of hydrogen-bond acceptors (Lipinski definition) is 4. The van der Waals surface area contributed by atoms with Crippen LogP contribution in [-0.4, -0.2) is 35.1 Å². The third-order valence-electron chi connectivity index (χ3n) is 3.39. The molecule has 1 aromatic carbocycles. The van der Waals surface area contributed by atoms with E-state index >= 15 is 0 Å². The van der Waals surface area contributed by atoms with E-state index in [2.05, 4.69) is 4.98 Å². The molecule has 0 aliphatic carbocycles. The molecule has 0 saturated carbocycles. The number of rotatable bonds is 2. The standard InChI is InChI=1S/C13H12F2N2O2S/c14-13(15)3-5-17(6-4-13)12-16-9-7-8(11(18)19)1-2-10(9)20-12/h1-2,7H,3-6H2,(H,18,19). The molecular weight excluding hydrogens is 286 g/mol. The molecule has 1 aliphatic rings. The maximum absolute atomic E-state index is 13.1. The average molecular weight is 298 g/mol. The van der Waals surface area contributed by atoms with Crippen molar-refractivity contribution in [2.24, 2.45) is 0 Å². The summed E-state index contributed by atoms with van der Waals surface area (Å²) in [5.41, 5.74) is 0.779. The Morgan fingerprint density at radius 1 is 1.35 bits per heavy atom. The van der Waals surface area contributed by atoms with E-state index in [0.29, 0.717) is 10.6 Å². The van der Waals surface area contributed by atoms with E-state index in [0.717, 1.165) is 4.70 Å². The highest BCUT2D eigenvalue weighted by atomic mass is 32.1. The Balaban J connectivity index is 1.88. The molecule has 2 heterocycles. The number of hydrogen-bond donors (Lipinski definition) is 1. The SMILES string of the molecule is O=C(O)c1ccc2sc(N3CCC(F)(F)CC3)nc2c1. The number of aromatic nitrogens is 1. The fraction of sp³-hybridized carbons (Fsp3) is 0.385. The number of carboxylic acid groups (broad SMARTS) is 1. The topological polar surface area (TPSA) is 53.4 Å². The summed E-state index contributed by atoms with van der Waals surface area (Å²) in [6, 6.07) is 4.74. The molecule has 106 valence electrons. The van der Waals surface area contributed by atoms with Gasteiger partial charge in [0, 0.05) is 25.9 Å². The molecule has 0 bridgehead atoms. The first-order chi connectivity index (χ1) is 9.44. The smallest absolute Gasteiger partial charge is 0.335 e. The minimum atomic E-state index is -2.58. The van der Waals surface area contributed by atoms with Crippen LogP contribution in [0.3, 0.4) is 0 Å². The summed E-state index contributed by atoms with van der Waals surface area (Å²) in [5, 5.41) is 9.62. The van der Waals surface area contributed by atoms with Gasteiger partial charge in [-0.05, 0) is 18.2 Å². The van der Waals surface area contributed by atoms with Gasteiger partial charge in [0.1, 0.15) is 0 Å². The van der Waals surface area contributed by atoms with E-state index in [4.69, 9.17) is 5.11 Å². The van der Waals surface area contributed by atoms with Gasteiger partial charge < -0.3 is 10.0 Å². The second-order valence-electron chi connectivity index (χ2n) is 4.83. The predicted octanol–water partition coefficient (Wildman–Crippen LogP) is 3.23. The van der Waals surface area contributed by atoms with Gasteiger partial charge in [0.15, 0.2) is 5.13 Å². The molecule has 0 amide bonds. The summed E-state index contributed by atoms with van der Waals surface area (Å²) >= 11 is 1.40. The molecule has 2 aromatic rings. The largest absolute Gasteiger partial charge is 0.478 e. The maximum atomic E-state index is 13.1. The van der Waals surface area contributed by atoms with Gasteiger partial charge in [0.2, 0.25) is 0 Å². The van der Waals surface area contributed by atoms with Gasteiger partial charge in [-0.3, -0.25) is 0 Å². The van der Waals surface area contributed by atoms with Crippen LogP contribution in [0.25, 0.3) is 10.2 Å². The van der Waals surface area contributed by atoms with Crippen molar-refractivity contribution in [3.05, 3.63) is 23.8 Å². The molecule has 0 atom stereocenters. The van der Waals surface area contributed by atoms with Crippen molar-refractivity contribution in [2.45, 2.75) is 18.8 Å². The Bertz CT molecular complexity index is 661. The second kappa shape index (κ2) is 4.66. The van der Waals surface area contributed by atoms with Gasteiger partial charge in [-0.1, -0.05) is 11.3 Å². The molecular formula is C13H12F2N2O2S. The molecule has 1 aliphatic heterocycles. The fourth-order valence-electron chi connectivity index (χ4n) is 2.21. The zero-order valence-corrected chi connectivity index (χ0v) is 11.3. The highest BCUT2D eigenvalue weighted by Crippen LogP contribution is 2.34. The van der Waals surface area contributed by atoms with Gasteiger partial charge in [-0.25, -0.2) is 18.6 Å². The molecule has 20 heavy (non-hydrogen) atoms. The molecule has 0 unspecified atom stereocenters. The van der Waals surface area contributed by atoms with Crippen molar-refractivity contribution < 1.29 is 18.7 Å². The minimum Gasteiger partial charge on any atom is -0.478 e. The van der Waals surface area contributed by atoms with Crippen LogP contribution < -0.4 is 4.90 Å². The van der Waals surface area contributed by atoms with E-state index in [-0.39, 0.29) is 31.5 Å². The number of fused-ring (bicyclic) bond motifs is 1. The van der Waals surface area contributed by atoms with Gasteiger partial charge in [-0.15, -0.1) is 0 Å². The Hall–Kier alpha value is -1.76. The van der Waals surface area contributed by atoms with Crippen molar-refractivity contribution >= 4 is 32.7 Å². The van der Waals surface area contributed by atoms with Gasteiger partial charge in [0.25, 0.3) is 5.92 Å². The monoisotopic (exact) mass is 298 g/mol. The summed E-state index contributed by atoms with van der Waals surface area (Å²) in [6.45, 7) is 0.553. The van der Waals surface area contributed by atoms with Crippen LogP contribution in [-0.2, 0) is 0 Å². The molecule has 1 N–H and O–H groups in total. The van der Waals surface area contributed by atoms with Crippen molar-refractivity contribution in [3.8, 4) is 0 Å². The summed E-state index contributed by atoms with van der Waals surface area (Å²) in [7, 11) is 0. The fourth-order valence-corrected chi connectivity index (χ4v) is 3.21. The van der Waals surface area contributed by atoms with Crippen molar-refractivity contribution in [1.29, 1.82) is 0 Å². The number of carboxylic acids is 1. The Kier molecular flexibility index (Phi) is 3.08. The van der Waals surface area contributed by atoms with E-state index < -0.39 is 11.9 Å². The second-order valence-corrected chi connectivity index (χ2v) is 5.84. The Morgan fingerprint density at radius 2 is 2.05 bits per heavy atom. The predicted molar refractivity (Wildman–Crippen MR) is 73.0 cm³/mol. The van der Waals surface area contributed by atoms with E-state index in [1.807, 2.05) is 4.90 Å². The van der Waals surface area contributed by atoms with Crippen molar-refractivity contribution in [1.82, 2.24) is 4.98 Å². The summed E-state index contributed by atoms with van der Waals surface area (Å²) in [6.07, 6.45) is -0.327. The van der Waals surface area contributed by atoms with Crippen LogP contribution in [0.5, 0.6) is 0 Å². The van der Waals surface area contributed by atoms with Gasteiger partial charge >= 0.3 is 5.97 Å². The lowest BCUT2D eigenvalue weighted by molar-refractivity contribution is -0.0220. The van der Waals surface area contributed by atoms with Crippen LogP contribution >= 0.6 is 11.3 Å². The van der Waals surface area contributed by atoms with E-state index in [9.17, 15) is 13.6 Å². The highest BCUT2D eigenvalue weighted by molar-refractivity contribution is 7.22. The average Bonchev–Trinajstić information content (AvgIpc) is 2.81. The van der Waals surface area contributed by atoms with E-state index in [1.165, 1.54) is 23.5 Å². The molecule has 1 fully saturated rings. The lowest BCUT2D eigenvalue weighted by atomic mass is 10.1. The lowest BCUT2D eigenvalue weighted by Gasteiger charge is -2.31. The summed E-state index contributed by atoms with van der Waals surface area (Å²) < 4.78 is 27.1. The number of thiazole rings is 1. The molecule has 1 aromatic heterocycles. The number of piperidine rings is 1. The molecule has 0 radical (unpaired) electrons. The first kappa shape index (κ1) is 13.2. The maximum Gasteiger partial charge on any atom is 0.335 e. The zero-order chi connectivity index (χ0) is 14.3. The highest BCUT2D eigenvalue weighted by Gasteiger charge is 2.34. The van der Waals surface area contributed by atoms with E-state index in [1.54, 1.807) is 6.07 Å². The molecule has 0 spiro atoms. The number of anilines is 1. The third kappa shape index (κ3) is 2.45. The number of carbonyl (C=O) groups is 1. The van der Waals surface area contributed by atoms with Crippen LogP contribution in [0.4, 0.5) is 13.9 Å². The van der Waals surface area contributed by atoms with Crippen LogP contribution in [0.15, 0.2) is 18.2 Å². The van der Waals surface area contributed by atoms with Gasteiger partial charge in [-0.2, -0.15) is 0 Å². The Morgan fingerprint density at radius 3 is 2.70 bits per heavy atom. The normalized spacial score (nSPS) is 18.4. The van der Waals surface area contributed by atoms with Crippen LogP contribution in [0, 0.1) is 0 Å². The first-order valence-electron chi connectivity index (χ1n) is 6.21. The first-order valence-corrected chi connectivity index (χ1v) is 7.03. The zero-order valence-electron chi connectivity index (χ0n) is 10.5. The molecule has 1 saturated heterocycles. The van der Waals surface area contributed by atoms with Crippen molar-refractivity contribution in [3.63, 3.8) is 0 Å².